The number of nitrogens with two attached hydrogens (primary N) is 1. The highest BCUT2D eigenvalue weighted by molar-refractivity contribution is 8.13. The number of aromatic nitrogens is 4. The van der Waals surface area contributed by atoms with Gasteiger partial charge in [0.15, 0.2) is 11.3 Å². The van der Waals surface area contributed by atoms with E-state index in [-0.39, 0.29) is 45.7 Å². The number of aliphatic hydroxyl groups is 1. The van der Waals surface area contributed by atoms with E-state index in [1.54, 1.807) is 29.9 Å². The number of carbonyl (C=O) groups excluding carboxylic acids is 2. The summed E-state index contributed by atoms with van der Waals surface area (Å²) in [6, 6.07) is 6.34. The molecule has 0 radical (unpaired) electrons. The largest absolute Gasteiger partial charge is 0.445 e. The van der Waals surface area contributed by atoms with Crippen LogP contribution in [0.4, 0.5) is 4.39 Å². The van der Waals surface area contributed by atoms with Gasteiger partial charge in [0, 0.05) is 24.5 Å². The molecule has 7 atom stereocenters. The summed E-state index contributed by atoms with van der Waals surface area (Å²) in [5, 5.41) is 16.5. The van der Waals surface area contributed by atoms with Crippen LogP contribution in [0.1, 0.15) is 67.7 Å². The van der Waals surface area contributed by atoms with E-state index in [9.17, 15) is 19.1 Å². The first-order chi connectivity index (χ1) is 21.0. The van der Waals surface area contributed by atoms with Crippen molar-refractivity contribution in [2.45, 2.75) is 64.1 Å². The van der Waals surface area contributed by atoms with Crippen molar-refractivity contribution < 1.29 is 23.8 Å². The molecule has 11 heteroatoms. The molecular formula is C33H38FN5O4S. The Kier molecular flexibility index (Phi) is 6.95. The van der Waals surface area contributed by atoms with Crippen LogP contribution in [0.5, 0.6) is 0 Å². The van der Waals surface area contributed by atoms with Crippen LogP contribution in [0.25, 0.3) is 11.8 Å². The lowest BCUT2D eigenvalue weighted by Crippen LogP contribution is -2.62. The van der Waals surface area contributed by atoms with Crippen molar-refractivity contribution in [1.82, 2.24) is 19.3 Å². The maximum Gasteiger partial charge on any atom is 0.359 e. The minimum absolute atomic E-state index is 0.0255. The molecule has 9 nitrogen and oxygen atoms in total. The minimum atomic E-state index is -1.41. The molecule has 3 saturated carbocycles. The molecule has 2 heterocycles. The number of nitrogens with zero attached hydrogens (tertiary/aromatic N) is 4. The number of fused-ring (bicyclic) bond motifs is 6. The third kappa shape index (κ3) is 4.19. The molecule has 3 aromatic rings. The molecule has 0 saturated heterocycles. The second-order valence-corrected chi connectivity index (χ2v) is 14.5. The van der Waals surface area contributed by atoms with Gasteiger partial charge in [0.1, 0.15) is 5.82 Å². The summed E-state index contributed by atoms with van der Waals surface area (Å²) in [6.07, 6.45) is 10.4. The lowest BCUT2D eigenvalue weighted by molar-refractivity contribution is -0.174. The van der Waals surface area contributed by atoms with Crippen molar-refractivity contribution >= 4 is 28.9 Å². The highest BCUT2D eigenvalue weighted by Gasteiger charge is 2.70. The molecule has 0 bridgehead atoms. The summed E-state index contributed by atoms with van der Waals surface area (Å²) >= 11 is 0.981. The van der Waals surface area contributed by atoms with Gasteiger partial charge in [0.25, 0.3) is 0 Å². The normalized spacial score (nSPS) is 33.9. The number of imidazole rings is 1. The van der Waals surface area contributed by atoms with Crippen LogP contribution in [-0.2, 0) is 23.0 Å². The Morgan fingerprint density at radius 3 is 2.70 bits per heavy atom. The Bertz CT molecular complexity index is 1670. The first kappa shape index (κ1) is 29.4. The van der Waals surface area contributed by atoms with E-state index in [0.717, 1.165) is 54.4 Å². The summed E-state index contributed by atoms with van der Waals surface area (Å²) in [5.74, 6) is -0.640. The highest BCUT2D eigenvalue weighted by atomic mass is 32.2. The molecule has 7 rings (SSSR count). The van der Waals surface area contributed by atoms with Gasteiger partial charge >= 0.3 is 5.97 Å². The summed E-state index contributed by atoms with van der Waals surface area (Å²) in [6.45, 7) is 4.29. The van der Waals surface area contributed by atoms with Crippen molar-refractivity contribution in [3.8, 4) is 5.69 Å². The predicted octanol–water partition coefficient (Wildman–Crippen LogP) is 4.67. The summed E-state index contributed by atoms with van der Waals surface area (Å²) in [4.78, 5) is 31.5. The molecule has 4 aliphatic rings. The first-order valence-corrected chi connectivity index (χ1v) is 16.3. The standard InChI is InChI=1S/C33H38FN5O4S/c1-31-13-19-15-37-39(22-7-5-21(34)6-8-22)26(19)12-20(31)4-9-23-24-10-11-33(30(42)44-17-35,32(24,2)14-27(40)28(23)31)43-29(41)25-16-38(3)18-36-25/h5-8,12,15-16,18,23-24,27-28,40H,4,9-11,13-14,17,35H2,1-3H3/t23-,24-,27-,28?,31-,32-,33-/m0/s1. The molecule has 1 aromatic carbocycles. The average Bonchev–Trinajstić information content (AvgIpc) is 3.67. The lowest BCUT2D eigenvalue weighted by atomic mass is 9.45. The Hall–Kier alpha value is -3.28. The number of halogens is 1. The number of hydrogen-bond donors (Lipinski definition) is 2. The molecule has 4 aliphatic carbocycles. The zero-order valence-corrected chi connectivity index (χ0v) is 26.0. The van der Waals surface area contributed by atoms with E-state index < -0.39 is 23.1 Å². The molecular weight excluding hydrogens is 581 g/mol. The number of aryl methyl sites for hydroxylation is 1. The van der Waals surface area contributed by atoms with Gasteiger partial charge in [-0.05, 0) is 97.6 Å². The van der Waals surface area contributed by atoms with Gasteiger partial charge in [-0.1, -0.05) is 31.2 Å². The molecule has 0 amide bonds. The van der Waals surface area contributed by atoms with Gasteiger partial charge in [-0.3, -0.25) is 4.79 Å². The van der Waals surface area contributed by atoms with Gasteiger partial charge < -0.3 is 20.1 Å². The van der Waals surface area contributed by atoms with E-state index in [0.29, 0.717) is 12.8 Å². The van der Waals surface area contributed by atoms with Crippen molar-refractivity contribution in [2.24, 2.45) is 41.4 Å². The Morgan fingerprint density at radius 1 is 1.23 bits per heavy atom. The van der Waals surface area contributed by atoms with Crippen LogP contribution in [0.15, 0.2) is 48.6 Å². The Labute approximate surface area is 260 Å². The highest BCUT2D eigenvalue weighted by Crippen LogP contribution is 2.69. The number of esters is 1. The lowest BCUT2D eigenvalue weighted by Gasteiger charge is -2.60. The topological polar surface area (TPSA) is 125 Å². The zero-order valence-electron chi connectivity index (χ0n) is 25.2. The van der Waals surface area contributed by atoms with E-state index >= 15 is 0 Å². The van der Waals surface area contributed by atoms with Crippen LogP contribution in [0, 0.1) is 34.4 Å². The monoisotopic (exact) mass is 619 g/mol. The number of thioether (sulfide) groups is 1. The number of allylic oxidation sites excluding steroid dienone is 1. The van der Waals surface area contributed by atoms with Crippen molar-refractivity contribution in [1.29, 1.82) is 0 Å². The van der Waals surface area contributed by atoms with E-state index in [2.05, 4.69) is 23.1 Å². The molecule has 44 heavy (non-hydrogen) atoms. The summed E-state index contributed by atoms with van der Waals surface area (Å²) in [5.41, 5.74) is 7.71. The molecule has 3 N–H and O–H groups in total. The van der Waals surface area contributed by atoms with Gasteiger partial charge in [-0.15, -0.1) is 0 Å². The molecule has 1 unspecified atom stereocenters. The maximum atomic E-state index is 13.9. The zero-order chi connectivity index (χ0) is 31.0. The number of aliphatic hydroxyl groups excluding tert-OH is 1. The van der Waals surface area contributed by atoms with Crippen LogP contribution in [0.3, 0.4) is 0 Å². The second kappa shape index (κ2) is 10.4. The van der Waals surface area contributed by atoms with Crippen molar-refractivity contribution in [3.05, 3.63) is 71.3 Å². The molecule has 3 fully saturated rings. The predicted molar refractivity (Wildman–Crippen MR) is 164 cm³/mol. The number of ether oxygens (including phenoxy) is 1. The van der Waals surface area contributed by atoms with Crippen LogP contribution < -0.4 is 5.73 Å². The van der Waals surface area contributed by atoms with Crippen molar-refractivity contribution in [2.75, 3.05) is 5.88 Å². The maximum absolute atomic E-state index is 13.9. The van der Waals surface area contributed by atoms with Crippen LogP contribution in [0.2, 0.25) is 0 Å². The number of benzene rings is 1. The van der Waals surface area contributed by atoms with Crippen molar-refractivity contribution in [3.63, 3.8) is 0 Å². The van der Waals surface area contributed by atoms with Gasteiger partial charge in [0.2, 0.25) is 5.12 Å². The fourth-order valence-electron chi connectivity index (χ4n) is 9.43. The van der Waals surface area contributed by atoms with E-state index in [4.69, 9.17) is 10.5 Å². The number of rotatable bonds is 5. The first-order valence-electron chi connectivity index (χ1n) is 15.3. The third-order valence-electron chi connectivity index (χ3n) is 11.3. The minimum Gasteiger partial charge on any atom is -0.445 e. The smallest absolute Gasteiger partial charge is 0.359 e. The average molecular weight is 620 g/mol. The second-order valence-electron chi connectivity index (χ2n) is 13.5. The SMILES string of the molecule is Cn1cnc(C(=O)O[C@]2(C(=O)SCN)CC[C@H]3[C@@H]4CCC5=Cc6c(cnn6-c6ccc(F)cc6)C[C@]5(C)C4[C@@H](O)C[C@@]32C)c1. The quantitative estimate of drug-likeness (QED) is 0.312. The van der Waals surface area contributed by atoms with E-state index in [1.807, 2.05) is 17.8 Å². The third-order valence-corrected chi connectivity index (χ3v) is 12.1. The summed E-state index contributed by atoms with van der Waals surface area (Å²) < 4.78 is 23.4. The molecule has 0 spiro atoms. The van der Waals surface area contributed by atoms with Gasteiger partial charge in [0.05, 0.1) is 30.0 Å². The molecule has 232 valence electrons. The fourth-order valence-corrected chi connectivity index (χ4v) is 10.2. The Balaban J connectivity index is 1.23. The molecule has 2 aromatic heterocycles. The Morgan fingerprint density at radius 2 is 2.00 bits per heavy atom. The van der Waals surface area contributed by atoms with E-state index in [1.165, 1.54) is 24.0 Å². The fraction of sp³-hybridized carbons (Fsp3) is 0.515. The number of hydrogen-bond acceptors (Lipinski definition) is 8. The number of carbonyl (C=O) groups is 2. The van der Waals surface area contributed by atoms with Gasteiger partial charge in [-0.25, -0.2) is 18.9 Å². The van der Waals surface area contributed by atoms with Crippen LogP contribution >= 0.6 is 11.8 Å². The van der Waals surface area contributed by atoms with Gasteiger partial charge in [-0.2, -0.15) is 5.10 Å². The summed E-state index contributed by atoms with van der Waals surface area (Å²) in [7, 11) is 1.77. The van der Waals surface area contributed by atoms with Crippen LogP contribution in [-0.4, -0.2) is 53.1 Å². The molecule has 0 aliphatic heterocycles.